The SMILES string of the molecule is CCN(CC)CCN(C(=O)c1ccc(S(=O)(=O)N2CCc3ccccc3C2)cc1)c1nc2ccccc2s1. The lowest BCUT2D eigenvalue weighted by Gasteiger charge is -2.28. The number of carbonyl (C=O) groups excluding carboxylic acids is 1. The van der Waals surface area contributed by atoms with Gasteiger partial charge >= 0.3 is 0 Å². The van der Waals surface area contributed by atoms with E-state index >= 15 is 0 Å². The lowest BCUT2D eigenvalue weighted by molar-refractivity contribution is 0.0983. The fourth-order valence-electron chi connectivity index (χ4n) is 4.79. The quantitative estimate of drug-likeness (QED) is 0.293. The number of para-hydroxylation sites is 1. The Morgan fingerprint density at radius 2 is 1.61 bits per heavy atom. The number of amides is 1. The number of carbonyl (C=O) groups is 1. The lowest BCUT2D eigenvalue weighted by Crippen LogP contribution is -2.39. The normalized spacial score (nSPS) is 14.1. The molecule has 7 nitrogen and oxygen atoms in total. The molecule has 0 saturated heterocycles. The minimum atomic E-state index is -3.67. The molecule has 0 aliphatic carbocycles. The Bertz CT molecular complexity index is 1500. The van der Waals surface area contributed by atoms with Crippen LogP contribution in [0.3, 0.4) is 0 Å². The van der Waals surface area contributed by atoms with Crippen molar-refractivity contribution in [3.8, 4) is 0 Å². The molecule has 1 aromatic heterocycles. The second kappa shape index (κ2) is 11.3. The van der Waals surface area contributed by atoms with Crippen molar-refractivity contribution in [3.63, 3.8) is 0 Å². The number of aromatic nitrogens is 1. The molecule has 1 aliphatic heterocycles. The number of benzene rings is 3. The molecule has 1 aliphatic rings. The first-order valence-corrected chi connectivity index (χ1v) is 15.2. The Hall–Kier alpha value is -3.11. The van der Waals surface area contributed by atoms with Gasteiger partial charge in [-0.05, 0) is 67.0 Å². The van der Waals surface area contributed by atoms with Gasteiger partial charge in [-0.25, -0.2) is 13.4 Å². The van der Waals surface area contributed by atoms with Gasteiger partial charge in [0.05, 0.1) is 15.1 Å². The van der Waals surface area contributed by atoms with Gasteiger partial charge < -0.3 is 4.90 Å². The van der Waals surface area contributed by atoms with E-state index in [0.29, 0.717) is 36.8 Å². The first-order valence-electron chi connectivity index (χ1n) is 13.0. The van der Waals surface area contributed by atoms with Crippen LogP contribution in [0.2, 0.25) is 0 Å². The number of fused-ring (bicyclic) bond motifs is 2. The molecule has 38 heavy (non-hydrogen) atoms. The van der Waals surface area contributed by atoms with Gasteiger partial charge in [-0.15, -0.1) is 0 Å². The number of hydrogen-bond donors (Lipinski definition) is 0. The van der Waals surface area contributed by atoms with E-state index in [1.165, 1.54) is 21.2 Å². The number of sulfonamides is 1. The average Bonchev–Trinajstić information content (AvgIpc) is 3.39. The van der Waals surface area contributed by atoms with Crippen LogP contribution in [-0.4, -0.2) is 61.2 Å². The Morgan fingerprint density at radius 3 is 2.32 bits per heavy atom. The molecule has 2 heterocycles. The standard InChI is InChI=1S/C29H32N4O3S2/c1-3-31(4-2)19-20-33(29-30-26-11-7-8-12-27(26)37-29)28(34)23-13-15-25(16-14-23)38(35,36)32-18-17-22-9-5-6-10-24(22)21-32/h5-16H,3-4,17-21H2,1-2H3. The summed E-state index contributed by atoms with van der Waals surface area (Å²) in [6.45, 7) is 8.01. The van der Waals surface area contributed by atoms with Gasteiger partial charge in [0.1, 0.15) is 0 Å². The highest BCUT2D eigenvalue weighted by atomic mass is 32.2. The summed E-state index contributed by atoms with van der Waals surface area (Å²) < 4.78 is 29.3. The van der Waals surface area contributed by atoms with Crippen molar-refractivity contribution in [1.29, 1.82) is 0 Å². The van der Waals surface area contributed by atoms with Gasteiger partial charge in [-0.3, -0.25) is 9.69 Å². The molecule has 0 spiro atoms. The van der Waals surface area contributed by atoms with Crippen LogP contribution in [0.25, 0.3) is 10.2 Å². The third-order valence-electron chi connectivity index (χ3n) is 7.13. The van der Waals surface area contributed by atoms with E-state index in [4.69, 9.17) is 4.98 Å². The van der Waals surface area contributed by atoms with Crippen molar-refractivity contribution in [2.24, 2.45) is 0 Å². The molecule has 0 bridgehead atoms. The average molecular weight is 549 g/mol. The highest BCUT2D eigenvalue weighted by Gasteiger charge is 2.29. The van der Waals surface area contributed by atoms with E-state index in [0.717, 1.165) is 35.4 Å². The van der Waals surface area contributed by atoms with Crippen molar-refractivity contribution in [1.82, 2.24) is 14.2 Å². The zero-order valence-electron chi connectivity index (χ0n) is 21.7. The molecule has 0 radical (unpaired) electrons. The topological polar surface area (TPSA) is 73.8 Å². The fraction of sp³-hybridized carbons (Fsp3) is 0.310. The molecular formula is C29H32N4O3S2. The van der Waals surface area contributed by atoms with E-state index < -0.39 is 10.0 Å². The second-order valence-corrected chi connectivity index (χ2v) is 12.3. The molecule has 198 valence electrons. The zero-order chi connectivity index (χ0) is 26.7. The summed E-state index contributed by atoms with van der Waals surface area (Å²) in [4.78, 5) is 22.6. The van der Waals surface area contributed by atoms with Gasteiger partial charge in [0, 0.05) is 31.7 Å². The van der Waals surface area contributed by atoms with Crippen molar-refractivity contribution < 1.29 is 13.2 Å². The van der Waals surface area contributed by atoms with Crippen LogP contribution in [0.5, 0.6) is 0 Å². The van der Waals surface area contributed by atoms with Crippen molar-refractivity contribution >= 4 is 42.6 Å². The maximum atomic E-state index is 13.7. The molecule has 0 atom stereocenters. The molecule has 4 aromatic rings. The maximum Gasteiger partial charge on any atom is 0.260 e. The number of thiazole rings is 1. The van der Waals surface area contributed by atoms with E-state index in [1.807, 2.05) is 42.5 Å². The van der Waals surface area contributed by atoms with Gasteiger partial charge in [-0.2, -0.15) is 4.31 Å². The molecular weight excluding hydrogens is 516 g/mol. The molecule has 5 rings (SSSR count). The van der Waals surface area contributed by atoms with Crippen molar-refractivity contribution in [2.75, 3.05) is 37.6 Å². The Morgan fingerprint density at radius 1 is 0.921 bits per heavy atom. The molecule has 9 heteroatoms. The van der Waals surface area contributed by atoms with Crippen LogP contribution in [0, 0.1) is 0 Å². The molecule has 1 amide bonds. The predicted octanol–water partition coefficient (Wildman–Crippen LogP) is 5.03. The smallest absolute Gasteiger partial charge is 0.260 e. The predicted molar refractivity (Wildman–Crippen MR) is 153 cm³/mol. The third kappa shape index (κ3) is 5.37. The van der Waals surface area contributed by atoms with E-state index in [2.05, 4.69) is 24.8 Å². The summed E-state index contributed by atoms with van der Waals surface area (Å²) in [5, 5.41) is 0.645. The minimum Gasteiger partial charge on any atom is -0.302 e. The maximum absolute atomic E-state index is 13.7. The summed E-state index contributed by atoms with van der Waals surface area (Å²) in [5.74, 6) is -0.188. The number of nitrogens with zero attached hydrogens (tertiary/aromatic N) is 4. The number of anilines is 1. The molecule has 0 saturated carbocycles. The molecule has 3 aromatic carbocycles. The summed E-state index contributed by atoms with van der Waals surface area (Å²) in [7, 11) is -3.67. The number of rotatable bonds is 9. The van der Waals surface area contributed by atoms with Crippen LogP contribution >= 0.6 is 11.3 Å². The Labute approximate surface area is 228 Å². The van der Waals surface area contributed by atoms with Gasteiger partial charge in [0.25, 0.3) is 5.91 Å². The van der Waals surface area contributed by atoms with Gasteiger partial charge in [0.2, 0.25) is 10.0 Å². The fourth-order valence-corrected chi connectivity index (χ4v) is 7.20. The van der Waals surface area contributed by atoms with Crippen LogP contribution in [0.1, 0.15) is 35.3 Å². The monoisotopic (exact) mass is 548 g/mol. The van der Waals surface area contributed by atoms with Crippen LogP contribution in [0.4, 0.5) is 5.13 Å². The lowest BCUT2D eigenvalue weighted by atomic mass is 10.0. The Balaban J connectivity index is 1.39. The Kier molecular flexibility index (Phi) is 7.90. The van der Waals surface area contributed by atoms with Crippen molar-refractivity contribution in [3.05, 3.63) is 89.5 Å². The van der Waals surface area contributed by atoms with E-state index in [-0.39, 0.29) is 10.8 Å². The summed E-state index contributed by atoms with van der Waals surface area (Å²) >= 11 is 1.49. The highest BCUT2D eigenvalue weighted by Crippen LogP contribution is 2.30. The second-order valence-electron chi connectivity index (χ2n) is 9.33. The van der Waals surface area contributed by atoms with Crippen LogP contribution in [0.15, 0.2) is 77.7 Å². The van der Waals surface area contributed by atoms with Crippen LogP contribution < -0.4 is 4.90 Å². The summed E-state index contributed by atoms with van der Waals surface area (Å²) in [5.41, 5.74) is 3.53. The number of likely N-dealkylation sites (N-methyl/N-ethyl adjacent to an activating group) is 1. The molecule has 0 unspecified atom stereocenters. The minimum absolute atomic E-state index is 0.188. The highest BCUT2D eigenvalue weighted by molar-refractivity contribution is 7.89. The zero-order valence-corrected chi connectivity index (χ0v) is 23.3. The van der Waals surface area contributed by atoms with Gasteiger partial charge in [-0.1, -0.05) is 61.6 Å². The third-order valence-corrected chi connectivity index (χ3v) is 10.0. The van der Waals surface area contributed by atoms with Crippen LogP contribution in [-0.2, 0) is 23.0 Å². The van der Waals surface area contributed by atoms with Gasteiger partial charge in [0.15, 0.2) is 5.13 Å². The first-order chi connectivity index (χ1) is 18.4. The molecule has 0 N–H and O–H groups in total. The van der Waals surface area contributed by atoms with Crippen molar-refractivity contribution in [2.45, 2.75) is 31.7 Å². The summed E-state index contributed by atoms with van der Waals surface area (Å²) in [6.07, 6.45) is 0.690. The largest absolute Gasteiger partial charge is 0.302 e. The van der Waals surface area contributed by atoms with E-state index in [1.54, 1.807) is 29.2 Å². The number of hydrogen-bond acceptors (Lipinski definition) is 6. The van der Waals surface area contributed by atoms with E-state index in [9.17, 15) is 13.2 Å². The first kappa shape index (κ1) is 26.5. The molecule has 0 fully saturated rings. The summed E-state index contributed by atoms with van der Waals surface area (Å²) in [6, 6.07) is 22.1.